The highest BCUT2D eigenvalue weighted by Gasteiger charge is 2.31. The van der Waals surface area contributed by atoms with Crippen LogP contribution >= 0.6 is 15.9 Å². The molecule has 0 spiro atoms. The molecular formula is C10H11BrF3NO. The first-order valence-electron chi connectivity index (χ1n) is 4.59. The molecule has 2 N–H and O–H groups in total. The lowest BCUT2D eigenvalue weighted by molar-refractivity contribution is -0.137. The second-order valence-corrected chi connectivity index (χ2v) is 4.17. The Hall–Kier alpha value is -0.750. The van der Waals surface area contributed by atoms with E-state index in [-0.39, 0.29) is 15.8 Å². The molecule has 1 aromatic carbocycles. The van der Waals surface area contributed by atoms with E-state index in [1.54, 1.807) is 7.05 Å². The number of phenolic OH excluding ortho intramolecular Hbond substituents is 1. The molecule has 0 aromatic heterocycles. The highest BCUT2D eigenvalue weighted by molar-refractivity contribution is 9.10. The molecule has 1 rings (SSSR count). The monoisotopic (exact) mass is 297 g/mol. The minimum absolute atomic E-state index is 0.0634. The number of aromatic hydroxyl groups is 1. The maximum Gasteiger partial charge on any atom is 0.416 e. The lowest BCUT2D eigenvalue weighted by Crippen LogP contribution is -2.12. The number of hydrogen-bond donors (Lipinski definition) is 2. The van der Waals surface area contributed by atoms with Crippen LogP contribution in [0.1, 0.15) is 11.1 Å². The molecule has 0 heterocycles. The maximum absolute atomic E-state index is 12.5. The third kappa shape index (κ3) is 3.12. The zero-order valence-electron chi connectivity index (χ0n) is 8.53. The molecule has 0 amide bonds. The average Bonchev–Trinajstić information content (AvgIpc) is 2.18. The summed E-state index contributed by atoms with van der Waals surface area (Å²) in [5.74, 6) is -0.136. The van der Waals surface area contributed by atoms with E-state index in [9.17, 15) is 18.3 Å². The van der Waals surface area contributed by atoms with E-state index in [1.807, 2.05) is 0 Å². The number of hydrogen-bond acceptors (Lipinski definition) is 2. The molecule has 0 radical (unpaired) electrons. The first-order valence-corrected chi connectivity index (χ1v) is 5.38. The van der Waals surface area contributed by atoms with Crippen molar-refractivity contribution < 1.29 is 18.3 Å². The fourth-order valence-corrected chi connectivity index (χ4v) is 1.77. The first kappa shape index (κ1) is 13.3. The third-order valence-electron chi connectivity index (χ3n) is 2.11. The highest BCUT2D eigenvalue weighted by Crippen LogP contribution is 2.37. The Kier molecular flexibility index (Phi) is 4.21. The van der Waals surface area contributed by atoms with E-state index in [0.717, 1.165) is 12.1 Å². The van der Waals surface area contributed by atoms with Gasteiger partial charge in [0.2, 0.25) is 0 Å². The van der Waals surface area contributed by atoms with Gasteiger partial charge in [-0.05, 0) is 53.6 Å². The predicted molar refractivity (Wildman–Crippen MR) is 58.4 cm³/mol. The van der Waals surface area contributed by atoms with Crippen LogP contribution in [0.2, 0.25) is 0 Å². The van der Waals surface area contributed by atoms with Crippen molar-refractivity contribution in [3.63, 3.8) is 0 Å². The van der Waals surface area contributed by atoms with Gasteiger partial charge in [0.1, 0.15) is 5.75 Å². The topological polar surface area (TPSA) is 32.3 Å². The molecule has 1 aromatic rings. The molecular weight excluding hydrogens is 287 g/mol. The van der Waals surface area contributed by atoms with Crippen LogP contribution in [-0.4, -0.2) is 18.7 Å². The fraction of sp³-hybridized carbons (Fsp3) is 0.400. The van der Waals surface area contributed by atoms with Crippen molar-refractivity contribution in [3.8, 4) is 5.75 Å². The number of alkyl halides is 3. The SMILES string of the molecule is CNCCc1cc(C(F)(F)F)cc(Br)c1O. The van der Waals surface area contributed by atoms with E-state index in [4.69, 9.17) is 0 Å². The van der Waals surface area contributed by atoms with E-state index in [0.29, 0.717) is 13.0 Å². The highest BCUT2D eigenvalue weighted by atomic mass is 79.9. The van der Waals surface area contributed by atoms with Crippen molar-refractivity contribution in [2.45, 2.75) is 12.6 Å². The Balaban J connectivity index is 3.12. The smallest absolute Gasteiger partial charge is 0.416 e. The predicted octanol–water partition coefficient (Wildman–Crippen LogP) is 2.94. The summed E-state index contributed by atoms with van der Waals surface area (Å²) in [7, 11) is 1.69. The fourth-order valence-electron chi connectivity index (χ4n) is 1.27. The van der Waals surface area contributed by atoms with Gasteiger partial charge in [0.25, 0.3) is 0 Å². The van der Waals surface area contributed by atoms with Crippen molar-refractivity contribution in [2.24, 2.45) is 0 Å². The lowest BCUT2D eigenvalue weighted by Gasteiger charge is -2.12. The second kappa shape index (κ2) is 5.05. The van der Waals surface area contributed by atoms with Crippen LogP contribution in [0.5, 0.6) is 5.75 Å². The standard InChI is InChI=1S/C10H11BrF3NO/c1-15-3-2-6-4-7(10(12,13)14)5-8(11)9(6)16/h4-5,15-16H,2-3H2,1H3. The number of halogens is 4. The van der Waals surface area contributed by atoms with Crippen molar-refractivity contribution in [1.82, 2.24) is 5.32 Å². The van der Waals surface area contributed by atoms with Gasteiger partial charge in [-0.25, -0.2) is 0 Å². The molecule has 16 heavy (non-hydrogen) atoms. The van der Waals surface area contributed by atoms with Gasteiger partial charge in [0.05, 0.1) is 10.0 Å². The molecule has 0 aliphatic rings. The number of nitrogens with one attached hydrogen (secondary N) is 1. The second-order valence-electron chi connectivity index (χ2n) is 3.32. The van der Waals surface area contributed by atoms with Gasteiger partial charge in [-0.3, -0.25) is 0 Å². The van der Waals surface area contributed by atoms with Crippen LogP contribution in [0.4, 0.5) is 13.2 Å². The molecule has 90 valence electrons. The van der Waals surface area contributed by atoms with E-state index in [2.05, 4.69) is 21.2 Å². The summed E-state index contributed by atoms with van der Waals surface area (Å²) < 4.78 is 37.5. The van der Waals surface area contributed by atoms with Crippen molar-refractivity contribution in [2.75, 3.05) is 13.6 Å². The largest absolute Gasteiger partial charge is 0.506 e. The molecule has 0 aliphatic heterocycles. The third-order valence-corrected chi connectivity index (χ3v) is 2.72. The summed E-state index contributed by atoms with van der Waals surface area (Å²) in [6.07, 6.45) is -4.06. The minimum atomic E-state index is -4.40. The summed E-state index contributed by atoms with van der Waals surface area (Å²) in [5, 5.41) is 12.4. The van der Waals surface area contributed by atoms with Gasteiger partial charge in [0, 0.05) is 0 Å². The summed E-state index contributed by atoms with van der Waals surface area (Å²) in [6.45, 7) is 0.501. The zero-order chi connectivity index (χ0) is 12.3. The molecule has 0 aliphatic carbocycles. The summed E-state index contributed by atoms with van der Waals surface area (Å²) in [6, 6.07) is 1.84. The number of benzene rings is 1. The first-order chi connectivity index (χ1) is 7.36. The summed E-state index contributed by atoms with van der Waals surface area (Å²) >= 11 is 2.91. The minimum Gasteiger partial charge on any atom is -0.506 e. The Labute approximate surface area is 99.6 Å². The lowest BCUT2D eigenvalue weighted by atomic mass is 10.1. The van der Waals surface area contributed by atoms with Gasteiger partial charge in [-0.2, -0.15) is 13.2 Å². The summed E-state index contributed by atoms with van der Waals surface area (Å²) in [5.41, 5.74) is -0.487. The Morgan fingerprint density at radius 2 is 2.00 bits per heavy atom. The molecule has 0 bridgehead atoms. The summed E-state index contributed by atoms with van der Waals surface area (Å²) in [4.78, 5) is 0. The van der Waals surface area contributed by atoms with Crippen LogP contribution in [-0.2, 0) is 12.6 Å². The number of phenols is 1. The van der Waals surface area contributed by atoms with E-state index < -0.39 is 11.7 Å². The molecule has 0 atom stereocenters. The molecule has 6 heteroatoms. The van der Waals surface area contributed by atoms with Crippen molar-refractivity contribution >= 4 is 15.9 Å². The van der Waals surface area contributed by atoms with Gasteiger partial charge >= 0.3 is 6.18 Å². The van der Waals surface area contributed by atoms with Crippen LogP contribution in [0, 0.1) is 0 Å². The molecule has 0 unspecified atom stereocenters. The molecule has 2 nitrogen and oxygen atoms in total. The van der Waals surface area contributed by atoms with Crippen LogP contribution in [0.15, 0.2) is 16.6 Å². The molecule has 0 saturated heterocycles. The normalized spacial score (nSPS) is 11.8. The van der Waals surface area contributed by atoms with Crippen LogP contribution in [0.3, 0.4) is 0 Å². The van der Waals surface area contributed by atoms with Gasteiger partial charge in [-0.15, -0.1) is 0 Å². The van der Waals surface area contributed by atoms with Crippen molar-refractivity contribution in [1.29, 1.82) is 0 Å². The number of likely N-dealkylation sites (N-methyl/N-ethyl adjacent to an activating group) is 1. The number of rotatable bonds is 3. The molecule has 0 saturated carbocycles. The maximum atomic E-state index is 12.5. The van der Waals surface area contributed by atoms with E-state index >= 15 is 0 Å². The van der Waals surface area contributed by atoms with Gasteiger partial charge < -0.3 is 10.4 Å². The van der Waals surface area contributed by atoms with E-state index in [1.165, 1.54) is 0 Å². The quantitative estimate of drug-likeness (QED) is 0.899. The average molecular weight is 298 g/mol. The van der Waals surface area contributed by atoms with Crippen molar-refractivity contribution in [3.05, 3.63) is 27.7 Å². The molecule has 0 fully saturated rings. The Bertz CT molecular complexity index is 379. The van der Waals surface area contributed by atoms with Gasteiger partial charge in [0.15, 0.2) is 0 Å². The van der Waals surface area contributed by atoms with Gasteiger partial charge in [-0.1, -0.05) is 0 Å². The Morgan fingerprint density at radius 3 is 2.50 bits per heavy atom. The van der Waals surface area contributed by atoms with Crippen LogP contribution in [0.25, 0.3) is 0 Å². The Morgan fingerprint density at radius 1 is 1.38 bits per heavy atom. The van der Waals surface area contributed by atoms with Crippen LogP contribution < -0.4 is 5.32 Å². The zero-order valence-corrected chi connectivity index (χ0v) is 10.1.